The van der Waals surface area contributed by atoms with E-state index in [9.17, 15) is 13.6 Å². The third-order valence-corrected chi connectivity index (χ3v) is 4.39. The lowest BCUT2D eigenvalue weighted by atomic mass is 9.97. The molecule has 1 fully saturated rings. The van der Waals surface area contributed by atoms with Gasteiger partial charge < -0.3 is 14.4 Å². The first-order valence-corrected chi connectivity index (χ1v) is 8.18. The van der Waals surface area contributed by atoms with E-state index in [2.05, 4.69) is 20.1 Å². The smallest absolute Gasteiger partial charge is 0.256 e. The Bertz CT molecular complexity index is 939. The van der Waals surface area contributed by atoms with E-state index >= 15 is 0 Å². The fourth-order valence-electron chi connectivity index (χ4n) is 3.09. The highest BCUT2D eigenvalue weighted by molar-refractivity contribution is 5.94. The summed E-state index contributed by atoms with van der Waals surface area (Å²) >= 11 is 0. The normalized spacial score (nSPS) is 17.5. The summed E-state index contributed by atoms with van der Waals surface area (Å²) in [6, 6.07) is 2.64. The zero-order valence-corrected chi connectivity index (χ0v) is 13.7. The van der Waals surface area contributed by atoms with Gasteiger partial charge in [0, 0.05) is 31.5 Å². The average Bonchev–Trinajstić information content (AvgIpc) is 3.31. The number of aromatic nitrogens is 4. The number of aromatic amines is 1. The molecule has 1 amide bonds. The number of hydrogen-bond acceptors (Lipinski definition) is 5. The lowest BCUT2D eigenvalue weighted by molar-refractivity contribution is 0.0690. The molecule has 0 saturated carbocycles. The zero-order valence-electron chi connectivity index (χ0n) is 13.7. The van der Waals surface area contributed by atoms with Crippen LogP contribution in [0.2, 0.25) is 0 Å². The Labute approximate surface area is 147 Å². The molecule has 1 atom stereocenters. The van der Waals surface area contributed by atoms with E-state index in [4.69, 9.17) is 4.52 Å². The van der Waals surface area contributed by atoms with Crippen LogP contribution in [0, 0.1) is 11.6 Å². The van der Waals surface area contributed by atoms with Crippen molar-refractivity contribution in [2.75, 3.05) is 13.1 Å². The van der Waals surface area contributed by atoms with E-state index in [1.165, 1.54) is 24.5 Å². The maximum absolute atomic E-state index is 13.8. The summed E-state index contributed by atoms with van der Waals surface area (Å²) in [6.45, 7) is 0.876. The van der Waals surface area contributed by atoms with Gasteiger partial charge in [-0.3, -0.25) is 9.78 Å². The van der Waals surface area contributed by atoms with Crippen molar-refractivity contribution in [3.8, 4) is 11.5 Å². The fourth-order valence-corrected chi connectivity index (χ4v) is 3.09. The number of carbonyl (C=O) groups excluding carboxylic acids is 1. The highest BCUT2D eigenvalue weighted by atomic mass is 19.1. The van der Waals surface area contributed by atoms with Crippen LogP contribution in [0.25, 0.3) is 11.5 Å². The molecule has 3 aromatic rings. The van der Waals surface area contributed by atoms with Crippen LogP contribution in [0.4, 0.5) is 8.78 Å². The third kappa shape index (κ3) is 3.07. The van der Waals surface area contributed by atoms with Crippen molar-refractivity contribution in [2.45, 2.75) is 18.8 Å². The van der Waals surface area contributed by atoms with Crippen LogP contribution in [-0.4, -0.2) is 44.0 Å². The van der Waals surface area contributed by atoms with Crippen molar-refractivity contribution in [1.29, 1.82) is 0 Å². The summed E-state index contributed by atoms with van der Waals surface area (Å²) in [5.41, 5.74) is 0.411. The lowest BCUT2D eigenvalue weighted by Gasteiger charge is -2.31. The molecule has 0 spiro atoms. The topological polar surface area (TPSA) is 87.9 Å². The van der Waals surface area contributed by atoms with Crippen LogP contribution in [-0.2, 0) is 0 Å². The summed E-state index contributed by atoms with van der Waals surface area (Å²) in [7, 11) is 0. The quantitative estimate of drug-likeness (QED) is 0.777. The molecule has 0 aliphatic carbocycles. The van der Waals surface area contributed by atoms with Gasteiger partial charge in [0.25, 0.3) is 5.91 Å². The van der Waals surface area contributed by atoms with E-state index in [1.54, 1.807) is 4.90 Å². The molecule has 134 valence electrons. The van der Waals surface area contributed by atoms with Crippen LogP contribution in [0.5, 0.6) is 0 Å². The molecule has 1 aliphatic rings. The second kappa shape index (κ2) is 6.66. The number of amides is 1. The summed E-state index contributed by atoms with van der Waals surface area (Å²) in [4.78, 5) is 24.8. The molecule has 1 saturated heterocycles. The summed E-state index contributed by atoms with van der Waals surface area (Å²) < 4.78 is 32.2. The minimum atomic E-state index is -0.645. The molecule has 7 nitrogen and oxygen atoms in total. The largest absolute Gasteiger partial charge is 0.356 e. The van der Waals surface area contributed by atoms with Crippen molar-refractivity contribution < 1.29 is 18.1 Å². The first-order chi connectivity index (χ1) is 12.6. The maximum atomic E-state index is 13.8. The van der Waals surface area contributed by atoms with Gasteiger partial charge in [-0.2, -0.15) is 4.98 Å². The summed E-state index contributed by atoms with van der Waals surface area (Å²) in [6.07, 6.45) is 5.11. The van der Waals surface area contributed by atoms with Gasteiger partial charge in [-0.05, 0) is 18.9 Å². The van der Waals surface area contributed by atoms with Gasteiger partial charge in [-0.15, -0.1) is 0 Å². The molecular formula is C17H15F2N5O2. The van der Waals surface area contributed by atoms with Crippen LogP contribution in [0.3, 0.4) is 0 Å². The van der Waals surface area contributed by atoms with E-state index < -0.39 is 11.6 Å². The molecule has 1 aliphatic heterocycles. The lowest BCUT2D eigenvalue weighted by Crippen LogP contribution is -2.39. The van der Waals surface area contributed by atoms with Gasteiger partial charge in [-0.25, -0.2) is 8.78 Å². The number of nitrogens with zero attached hydrogens (tertiary/aromatic N) is 4. The van der Waals surface area contributed by atoms with Gasteiger partial charge in [0.1, 0.15) is 5.82 Å². The second-order valence-corrected chi connectivity index (χ2v) is 6.13. The molecule has 26 heavy (non-hydrogen) atoms. The molecule has 1 N–H and O–H groups in total. The predicted molar refractivity (Wildman–Crippen MR) is 86.1 cm³/mol. The fraction of sp³-hybridized carbons (Fsp3) is 0.294. The average molecular weight is 359 g/mol. The van der Waals surface area contributed by atoms with Gasteiger partial charge in [0.05, 0.1) is 23.4 Å². The van der Waals surface area contributed by atoms with Crippen molar-refractivity contribution in [1.82, 2.24) is 25.0 Å². The zero-order chi connectivity index (χ0) is 18.1. The molecule has 0 bridgehead atoms. The van der Waals surface area contributed by atoms with Crippen LogP contribution >= 0.6 is 0 Å². The van der Waals surface area contributed by atoms with Crippen LogP contribution < -0.4 is 0 Å². The molecule has 9 heteroatoms. The van der Waals surface area contributed by atoms with E-state index in [-0.39, 0.29) is 23.2 Å². The Morgan fingerprint density at radius 1 is 1.38 bits per heavy atom. The summed E-state index contributed by atoms with van der Waals surface area (Å²) in [5, 5.41) is 3.86. The molecule has 4 heterocycles. The second-order valence-electron chi connectivity index (χ2n) is 6.13. The Kier molecular flexibility index (Phi) is 4.19. The number of carbonyl (C=O) groups is 1. The Morgan fingerprint density at radius 3 is 3.04 bits per heavy atom. The molecule has 0 aromatic carbocycles. The monoisotopic (exact) mass is 359 g/mol. The summed E-state index contributed by atoms with van der Waals surface area (Å²) in [5.74, 6) is -0.969. The highest BCUT2D eigenvalue weighted by Crippen LogP contribution is 2.28. The number of H-pyrrole nitrogens is 1. The third-order valence-electron chi connectivity index (χ3n) is 4.39. The Balaban J connectivity index is 1.51. The number of hydrogen-bond donors (Lipinski definition) is 1. The number of piperidine rings is 1. The number of rotatable bonds is 3. The first-order valence-electron chi connectivity index (χ1n) is 8.18. The minimum absolute atomic E-state index is 0.00581. The predicted octanol–water partition coefficient (Wildman–Crippen LogP) is 2.76. The first kappa shape index (κ1) is 16.4. The van der Waals surface area contributed by atoms with Gasteiger partial charge in [-0.1, -0.05) is 5.16 Å². The SMILES string of the molecule is O=C(c1ccncc1F)N1CCC[C@H](c2nc(-c3cc(F)c[nH]3)no2)C1. The van der Waals surface area contributed by atoms with Crippen molar-refractivity contribution in [2.24, 2.45) is 0 Å². The Hall–Kier alpha value is -3.10. The van der Waals surface area contributed by atoms with Crippen molar-refractivity contribution >= 4 is 5.91 Å². The van der Waals surface area contributed by atoms with Crippen LogP contribution in [0.15, 0.2) is 35.2 Å². The van der Waals surface area contributed by atoms with Gasteiger partial charge in [0.2, 0.25) is 11.7 Å². The standard InChI is InChI=1S/C17H15F2N5O2/c18-11-6-14(21-7-11)15-22-16(26-23-15)10-2-1-5-24(9-10)17(25)12-3-4-20-8-13(12)19/h3-4,6-8,10,21H,1-2,5,9H2/t10-/m0/s1. The minimum Gasteiger partial charge on any atom is -0.356 e. The van der Waals surface area contributed by atoms with E-state index in [0.717, 1.165) is 19.0 Å². The molecular weight excluding hydrogens is 344 g/mol. The van der Waals surface area contributed by atoms with E-state index in [0.29, 0.717) is 24.7 Å². The Morgan fingerprint density at radius 2 is 2.27 bits per heavy atom. The number of nitrogens with one attached hydrogen (secondary N) is 1. The molecule has 4 rings (SSSR count). The molecule has 3 aromatic heterocycles. The number of pyridine rings is 1. The van der Waals surface area contributed by atoms with E-state index in [1.807, 2.05) is 0 Å². The van der Waals surface area contributed by atoms with Gasteiger partial charge >= 0.3 is 0 Å². The van der Waals surface area contributed by atoms with Gasteiger partial charge in [0.15, 0.2) is 5.82 Å². The van der Waals surface area contributed by atoms with Crippen molar-refractivity contribution in [3.05, 3.63) is 53.8 Å². The molecule has 0 unspecified atom stereocenters. The maximum Gasteiger partial charge on any atom is 0.256 e. The molecule has 0 radical (unpaired) electrons. The number of likely N-dealkylation sites (tertiary alicyclic amines) is 1. The van der Waals surface area contributed by atoms with Crippen molar-refractivity contribution in [3.63, 3.8) is 0 Å². The highest BCUT2D eigenvalue weighted by Gasteiger charge is 2.30. The van der Waals surface area contributed by atoms with Crippen LogP contribution in [0.1, 0.15) is 35.0 Å². The number of halogens is 2.